The van der Waals surface area contributed by atoms with E-state index in [4.69, 9.17) is 11.6 Å². The van der Waals surface area contributed by atoms with Crippen LogP contribution in [0.3, 0.4) is 0 Å². The predicted octanol–water partition coefficient (Wildman–Crippen LogP) is 9.10. The third-order valence-corrected chi connectivity index (χ3v) is 8.28. The molecule has 40 heavy (non-hydrogen) atoms. The molecule has 6 rings (SSSR count). The van der Waals surface area contributed by atoms with Gasteiger partial charge in [0.2, 0.25) is 0 Å². The van der Waals surface area contributed by atoms with Gasteiger partial charge in [0.25, 0.3) is 5.91 Å². The zero-order valence-electron chi connectivity index (χ0n) is 22.7. The van der Waals surface area contributed by atoms with E-state index in [0.717, 1.165) is 41.8 Å². The Kier molecular flexibility index (Phi) is 7.68. The molecule has 0 bridgehead atoms. The molecule has 1 heterocycles. The molecule has 1 saturated heterocycles. The second kappa shape index (κ2) is 11.7. The van der Waals surface area contributed by atoms with Crippen molar-refractivity contribution < 1.29 is 4.79 Å². The van der Waals surface area contributed by atoms with Gasteiger partial charge in [0.1, 0.15) is 0 Å². The SMILES string of the molecule is Cc1ccc(C2CCN(Cc3ccc4cc(NC(=O)c5ccc(-c6ccc(Cl)cc6)cc5)ccc4c3)CC2)cc1. The van der Waals surface area contributed by atoms with Gasteiger partial charge in [0, 0.05) is 22.8 Å². The predicted molar refractivity (Wildman–Crippen MR) is 167 cm³/mol. The smallest absolute Gasteiger partial charge is 0.255 e. The largest absolute Gasteiger partial charge is 0.322 e. The van der Waals surface area contributed by atoms with E-state index in [1.54, 1.807) is 0 Å². The van der Waals surface area contributed by atoms with E-state index in [-0.39, 0.29) is 5.91 Å². The normalized spacial score (nSPS) is 14.3. The van der Waals surface area contributed by atoms with Crippen molar-refractivity contribution in [3.8, 4) is 11.1 Å². The van der Waals surface area contributed by atoms with Crippen molar-refractivity contribution in [3.63, 3.8) is 0 Å². The van der Waals surface area contributed by atoms with Crippen molar-refractivity contribution in [2.75, 3.05) is 18.4 Å². The molecular weight excluding hydrogens is 512 g/mol. The van der Waals surface area contributed by atoms with Crippen LogP contribution in [-0.2, 0) is 6.54 Å². The fourth-order valence-electron chi connectivity index (χ4n) is 5.65. The molecule has 0 atom stereocenters. The summed E-state index contributed by atoms with van der Waals surface area (Å²) < 4.78 is 0. The number of nitrogens with one attached hydrogen (secondary N) is 1. The molecule has 1 aliphatic rings. The highest BCUT2D eigenvalue weighted by Gasteiger charge is 2.20. The number of carbonyl (C=O) groups excluding carboxylic acids is 1. The lowest BCUT2D eigenvalue weighted by Gasteiger charge is -2.32. The van der Waals surface area contributed by atoms with Crippen molar-refractivity contribution in [2.45, 2.75) is 32.2 Å². The van der Waals surface area contributed by atoms with Gasteiger partial charge in [-0.1, -0.05) is 83.9 Å². The minimum Gasteiger partial charge on any atom is -0.322 e. The molecule has 1 aliphatic heterocycles. The Labute approximate surface area is 241 Å². The minimum atomic E-state index is -0.118. The van der Waals surface area contributed by atoms with Crippen molar-refractivity contribution in [2.24, 2.45) is 0 Å². The fraction of sp³-hybridized carbons (Fsp3) is 0.194. The first-order chi connectivity index (χ1) is 19.5. The van der Waals surface area contributed by atoms with Crippen molar-refractivity contribution in [3.05, 3.63) is 136 Å². The summed E-state index contributed by atoms with van der Waals surface area (Å²) in [4.78, 5) is 15.5. The van der Waals surface area contributed by atoms with E-state index in [2.05, 4.69) is 65.7 Å². The van der Waals surface area contributed by atoms with Crippen LogP contribution < -0.4 is 5.32 Å². The maximum absolute atomic E-state index is 12.9. The first kappa shape index (κ1) is 26.3. The fourth-order valence-corrected chi connectivity index (χ4v) is 5.78. The van der Waals surface area contributed by atoms with Crippen molar-refractivity contribution in [1.29, 1.82) is 0 Å². The van der Waals surface area contributed by atoms with Gasteiger partial charge in [-0.2, -0.15) is 0 Å². The zero-order valence-corrected chi connectivity index (χ0v) is 23.5. The highest BCUT2D eigenvalue weighted by Crippen LogP contribution is 2.30. The van der Waals surface area contributed by atoms with Crippen LogP contribution in [0.15, 0.2) is 109 Å². The number of aryl methyl sites for hydroxylation is 1. The first-order valence-electron chi connectivity index (χ1n) is 14.0. The Balaban J connectivity index is 1.06. The number of hydrogen-bond donors (Lipinski definition) is 1. The lowest BCUT2D eigenvalue weighted by molar-refractivity contribution is 0.102. The quantitative estimate of drug-likeness (QED) is 0.231. The van der Waals surface area contributed by atoms with E-state index < -0.39 is 0 Å². The molecule has 4 heteroatoms. The number of fused-ring (bicyclic) bond motifs is 1. The zero-order chi connectivity index (χ0) is 27.5. The number of piperidine rings is 1. The number of nitrogens with zero attached hydrogens (tertiary/aromatic N) is 1. The number of amides is 1. The lowest BCUT2D eigenvalue weighted by atomic mass is 9.89. The molecule has 0 unspecified atom stereocenters. The lowest BCUT2D eigenvalue weighted by Crippen LogP contribution is -2.32. The summed E-state index contributed by atoms with van der Waals surface area (Å²) in [5, 5.41) is 6.08. The molecule has 0 spiro atoms. The van der Waals surface area contributed by atoms with Gasteiger partial charge in [-0.25, -0.2) is 0 Å². The number of benzene rings is 5. The summed E-state index contributed by atoms with van der Waals surface area (Å²) in [6, 6.07) is 37.2. The molecule has 3 nitrogen and oxygen atoms in total. The molecule has 5 aromatic carbocycles. The van der Waals surface area contributed by atoms with Gasteiger partial charge >= 0.3 is 0 Å². The van der Waals surface area contributed by atoms with Gasteiger partial charge in [-0.15, -0.1) is 0 Å². The molecule has 1 fully saturated rings. The second-order valence-corrected chi connectivity index (χ2v) is 11.3. The summed E-state index contributed by atoms with van der Waals surface area (Å²) in [5.74, 6) is 0.552. The number of rotatable bonds is 6. The molecule has 0 aliphatic carbocycles. The van der Waals surface area contributed by atoms with Crippen LogP contribution in [0.2, 0.25) is 5.02 Å². The topological polar surface area (TPSA) is 32.3 Å². The Morgan fingerprint density at radius 2 is 1.40 bits per heavy atom. The standard InChI is InChI=1S/C36H33ClN2O/c1-25-2-5-27(6-3-25)30-18-20-39(21-19-30)24-26-4-7-33-23-35(17-14-32(33)22-26)38-36(40)31-10-8-28(9-11-31)29-12-15-34(37)16-13-29/h2-17,22-23,30H,18-21,24H2,1H3,(H,38,40). The summed E-state index contributed by atoms with van der Waals surface area (Å²) >= 11 is 6.00. The average molecular weight is 545 g/mol. The molecule has 0 aromatic heterocycles. The molecule has 200 valence electrons. The van der Waals surface area contributed by atoms with E-state index >= 15 is 0 Å². The Morgan fingerprint density at radius 3 is 2.10 bits per heavy atom. The van der Waals surface area contributed by atoms with E-state index in [1.165, 1.54) is 34.9 Å². The third kappa shape index (κ3) is 6.12. The summed E-state index contributed by atoms with van der Waals surface area (Å²) in [5.41, 5.74) is 7.67. The molecular formula is C36H33ClN2O. The molecule has 1 N–H and O–H groups in total. The summed E-state index contributed by atoms with van der Waals surface area (Å²) in [7, 11) is 0. The average Bonchev–Trinajstić information content (AvgIpc) is 2.98. The van der Waals surface area contributed by atoms with Gasteiger partial charge in [-0.05, 0) is 114 Å². The summed E-state index contributed by atoms with van der Waals surface area (Å²) in [6.07, 6.45) is 2.42. The van der Waals surface area contributed by atoms with Crippen LogP contribution in [-0.4, -0.2) is 23.9 Å². The summed E-state index contributed by atoms with van der Waals surface area (Å²) in [6.45, 7) is 5.38. The molecule has 1 amide bonds. The van der Waals surface area contributed by atoms with Crippen LogP contribution >= 0.6 is 11.6 Å². The monoisotopic (exact) mass is 544 g/mol. The maximum atomic E-state index is 12.9. The Morgan fingerprint density at radius 1 is 0.775 bits per heavy atom. The van der Waals surface area contributed by atoms with Crippen LogP contribution in [0.5, 0.6) is 0 Å². The van der Waals surface area contributed by atoms with Gasteiger partial charge in [-0.3, -0.25) is 9.69 Å². The number of hydrogen-bond acceptors (Lipinski definition) is 2. The third-order valence-electron chi connectivity index (χ3n) is 8.03. The highest BCUT2D eigenvalue weighted by molar-refractivity contribution is 6.30. The molecule has 5 aromatic rings. The van der Waals surface area contributed by atoms with Gasteiger partial charge in [0.15, 0.2) is 0 Å². The minimum absolute atomic E-state index is 0.118. The Bertz CT molecular complexity index is 1620. The highest BCUT2D eigenvalue weighted by atomic mass is 35.5. The van der Waals surface area contributed by atoms with Crippen molar-refractivity contribution >= 4 is 34.0 Å². The maximum Gasteiger partial charge on any atom is 0.255 e. The molecule has 0 saturated carbocycles. The first-order valence-corrected chi connectivity index (χ1v) is 14.4. The van der Waals surface area contributed by atoms with E-state index in [0.29, 0.717) is 16.5 Å². The van der Waals surface area contributed by atoms with Gasteiger partial charge in [0.05, 0.1) is 0 Å². The second-order valence-electron chi connectivity index (χ2n) is 10.9. The number of carbonyl (C=O) groups is 1. The van der Waals surface area contributed by atoms with Gasteiger partial charge < -0.3 is 5.32 Å². The van der Waals surface area contributed by atoms with Crippen LogP contribution in [0, 0.1) is 6.92 Å². The van der Waals surface area contributed by atoms with Crippen LogP contribution in [0.4, 0.5) is 5.69 Å². The molecule has 0 radical (unpaired) electrons. The number of likely N-dealkylation sites (tertiary alicyclic amines) is 1. The number of anilines is 1. The Hall–Kier alpha value is -3.92. The van der Waals surface area contributed by atoms with Crippen LogP contribution in [0.1, 0.15) is 45.8 Å². The van der Waals surface area contributed by atoms with Crippen molar-refractivity contribution in [1.82, 2.24) is 4.90 Å². The number of halogens is 1. The van der Waals surface area contributed by atoms with Crippen LogP contribution in [0.25, 0.3) is 21.9 Å². The van der Waals surface area contributed by atoms with E-state index in [9.17, 15) is 4.79 Å². The van der Waals surface area contributed by atoms with E-state index in [1.807, 2.05) is 60.7 Å².